The smallest absolute Gasteiger partial charge is 0.251 e. The summed E-state index contributed by atoms with van der Waals surface area (Å²) in [5.41, 5.74) is 12.7. The molecule has 0 fully saturated rings. The summed E-state index contributed by atoms with van der Waals surface area (Å²) < 4.78 is 0. The van der Waals surface area contributed by atoms with Gasteiger partial charge in [0.25, 0.3) is 5.91 Å². The molecule has 0 spiro atoms. The van der Waals surface area contributed by atoms with Gasteiger partial charge in [0.15, 0.2) is 0 Å². The summed E-state index contributed by atoms with van der Waals surface area (Å²) in [7, 11) is 0. The SMILES string of the molecule is CCC(C)NC(=O)c1cc(N)cc(N)c1. The first-order valence-corrected chi connectivity index (χ1v) is 4.99. The molecule has 0 bridgehead atoms. The molecule has 15 heavy (non-hydrogen) atoms. The van der Waals surface area contributed by atoms with Crippen molar-refractivity contribution in [1.82, 2.24) is 5.32 Å². The molecule has 0 heterocycles. The first-order chi connectivity index (χ1) is 7.02. The summed E-state index contributed by atoms with van der Waals surface area (Å²) in [5.74, 6) is -0.136. The predicted molar refractivity (Wildman–Crippen MR) is 62.5 cm³/mol. The van der Waals surface area contributed by atoms with E-state index in [1.165, 1.54) is 0 Å². The van der Waals surface area contributed by atoms with Gasteiger partial charge in [-0.3, -0.25) is 4.79 Å². The molecule has 0 aliphatic carbocycles. The van der Waals surface area contributed by atoms with Crippen molar-refractivity contribution in [3.05, 3.63) is 23.8 Å². The third-order valence-electron chi connectivity index (χ3n) is 2.23. The van der Waals surface area contributed by atoms with Crippen molar-refractivity contribution in [2.75, 3.05) is 11.5 Å². The van der Waals surface area contributed by atoms with Crippen LogP contribution in [0.25, 0.3) is 0 Å². The van der Waals surface area contributed by atoms with Crippen molar-refractivity contribution >= 4 is 17.3 Å². The highest BCUT2D eigenvalue weighted by Gasteiger charge is 2.09. The predicted octanol–water partition coefficient (Wildman–Crippen LogP) is 1.38. The summed E-state index contributed by atoms with van der Waals surface area (Å²) >= 11 is 0. The van der Waals surface area contributed by atoms with Crippen LogP contribution in [0.1, 0.15) is 30.6 Å². The summed E-state index contributed by atoms with van der Waals surface area (Å²) in [4.78, 5) is 11.7. The van der Waals surface area contributed by atoms with Gasteiger partial charge in [0, 0.05) is 23.0 Å². The minimum absolute atomic E-state index is 0.136. The summed E-state index contributed by atoms with van der Waals surface area (Å²) in [5, 5.41) is 2.85. The Labute approximate surface area is 89.6 Å². The third-order valence-corrected chi connectivity index (χ3v) is 2.23. The number of carbonyl (C=O) groups is 1. The number of amides is 1. The van der Waals surface area contributed by atoms with E-state index < -0.39 is 0 Å². The zero-order chi connectivity index (χ0) is 11.4. The van der Waals surface area contributed by atoms with Gasteiger partial charge in [-0.15, -0.1) is 0 Å². The summed E-state index contributed by atoms with van der Waals surface area (Å²) in [6, 6.07) is 5.02. The molecular formula is C11H17N3O. The molecule has 1 aromatic carbocycles. The van der Waals surface area contributed by atoms with Crippen molar-refractivity contribution in [2.24, 2.45) is 0 Å². The molecule has 0 aliphatic rings. The number of benzene rings is 1. The van der Waals surface area contributed by atoms with Crippen molar-refractivity contribution < 1.29 is 4.79 Å². The lowest BCUT2D eigenvalue weighted by Gasteiger charge is -2.11. The van der Waals surface area contributed by atoms with E-state index in [2.05, 4.69) is 5.32 Å². The van der Waals surface area contributed by atoms with Crippen LogP contribution in [0.5, 0.6) is 0 Å². The van der Waals surface area contributed by atoms with Crippen molar-refractivity contribution in [3.63, 3.8) is 0 Å². The van der Waals surface area contributed by atoms with Crippen molar-refractivity contribution in [2.45, 2.75) is 26.3 Å². The van der Waals surface area contributed by atoms with Gasteiger partial charge in [0.05, 0.1) is 0 Å². The van der Waals surface area contributed by atoms with Gasteiger partial charge < -0.3 is 16.8 Å². The Hall–Kier alpha value is -1.71. The number of nitrogen functional groups attached to an aromatic ring is 2. The molecule has 1 rings (SSSR count). The molecule has 0 aliphatic heterocycles. The number of nitrogens with two attached hydrogens (primary N) is 2. The molecule has 0 radical (unpaired) electrons. The minimum atomic E-state index is -0.136. The number of hydrogen-bond acceptors (Lipinski definition) is 3. The maximum atomic E-state index is 11.7. The van der Waals surface area contributed by atoms with Gasteiger partial charge >= 0.3 is 0 Å². The van der Waals surface area contributed by atoms with E-state index in [9.17, 15) is 4.79 Å². The molecule has 4 nitrogen and oxygen atoms in total. The van der Waals surface area contributed by atoms with E-state index in [1.54, 1.807) is 18.2 Å². The zero-order valence-corrected chi connectivity index (χ0v) is 9.08. The van der Waals surface area contributed by atoms with Gasteiger partial charge in [0.1, 0.15) is 0 Å². The summed E-state index contributed by atoms with van der Waals surface area (Å²) in [6.07, 6.45) is 0.892. The van der Waals surface area contributed by atoms with E-state index in [-0.39, 0.29) is 11.9 Å². The average Bonchev–Trinajstić information content (AvgIpc) is 2.16. The maximum Gasteiger partial charge on any atom is 0.251 e. The van der Waals surface area contributed by atoms with Crippen LogP contribution >= 0.6 is 0 Å². The lowest BCUT2D eigenvalue weighted by Crippen LogP contribution is -2.31. The van der Waals surface area contributed by atoms with E-state index in [1.807, 2.05) is 13.8 Å². The van der Waals surface area contributed by atoms with E-state index in [0.29, 0.717) is 16.9 Å². The molecule has 4 heteroatoms. The molecule has 0 saturated heterocycles. The molecule has 82 valence electrons. The normalized spacial score (nSPS) is 12.1. The van der Waals surface area contributed by atoms with Gasteiger partial charge in [0.2, 0.25) is 0 Å². The largest absolute Gasteiger partial charge is 0.399 e. The highest BCUT2D eigenvalue weighted by molar-refractivity contribution is 5.96. The number of rotatable bonds is 3. The Kier molecular flexibility index (Phi) is 3.55. The van der Waals surface area contributed by atoms with Crippen LogP contribution in [0.4, 0.5) is 11.4 Å². The van der Waals surface area contributed by atoms with Gasteiger partial charge in [-0.2, -0.15) is 0 Å². The molecule has 1 aromatic rings. The highest BCUT2D eigenvalue weighted by Crippen LogP contribution is 2.13. The Morgan fingerprint density at radius 1 is 1.33 bits per heavy atom. The van der Waals surface area contributed by atoms with Crippen LogP contribution in [0.15, 0.2) is 18.2 Å². The molecule has 5 N–H and O–H groups in total. The number of hydrogen-bond donors (Lipinski definition) is 3. The fraction of sp³-hybridized carbons (Fsp3) is 0.364. The second-order valence-electron chi connectivity index (χ2n) is 3.67. The van der Waals surface area contributed by atoms with Gasteiger partial charge in [-0.25, -0.2) is 0 Å². The average molecular weight is 207 g/mol. The third kappa shape index (κ3) is 3.16. The number of carbonyl (C=O) groups excluding carboxylic acids is 1. The number of anilines is 2. The van der Waals surface area contributed by atoms with Crippen LogP contribution in [0, 0.1) is 0 Å². The minimum Gasteiger partial charge on any atom is -0.399 e. The maximum absolute atomic E-state index is 11.7. The fourth-order valence-corrected chi connectivity index (χ4v) is 1.22. The monoisotopic (exact) mass is 207 g/mol. The van der Waals surface area contributed by atoms with Crippen LogP contribution in [-0.4, -0.2) is 11.9 Å². The molecule has 0 aromatic heterocycles. The first kappa shape index (κ1) is 11.4. The van der Waals surface area contributed by atoms with Gasteiger partial charge in [-0.1, -0.05) is 6.92 Å². The topological polar surface area (TPSA) is 81.1 Å². The fourth-order valence-electron chi connectivity index (χ4n) is 1.22. The highest BCUT2D eigenvalue weighted by atomic mass is 16.1. The zero-order valence-electron chi connectivity index (χ0n) is 9.08. The molecular weight excluding hydrogens is 190 g/mol. The van der Waals surface area contributed by atoms with Crippen LogP contribution in [-0.2, 0) is 0 Å². The second-order valence-corrected chi connectivity index (χ2v) is 3.67. The standard InChI is InChI=1S/C11H17N3O/c1-3-7(2)14-11(15)8-4-9(12)6-10(13)5-8/h4-7H,3,12-13H2,1-2H3,(H,14,15). The van der Waals surface area contributed by atoms with E-state index >= 15 is 0 Å². The Morgan fingerprint density at radius 3 is 2.33 bits per heavy atom. The lowest BCUT2D eigenvalue weighted by atomic mass is 10.1. The second kappa shape index (κ2) is 4.68. The quantitative estimate of drug-likeness (QED) is 0.655. The summed E-state index contributed by atoms with van der Waals surface area (Å²) in [6.45, 7) is 3.96. The van der Waals surface area contributed by atoms with Crippen molar-refractivity contribution in [1.29, 1.82) is 0 Å². The Balaban J connectivity index is 2.82. The molecule has 1 unspecified atom stereocenters. The Bertz CT molecular complexity index is 343. The lowest BCUT2D eigenvalue weighted by molar-refractivity contribution is 0.0939. The Morgan fingerprint density at radius 2 is 1.87 bits per heavy atom. The number of nitrogens with one attached hydrogen (secondary N) is 1. The molecule has 0 saturated carbocycles. The van der Waals surface area contributed by atoms with Crippen LogP contribution < -0.4 is 16.8 Å². The van der Waals surface area contributed by atoms with E-state index in [0.717, 1.165) is 6.42 Å². The first-order valence-electron chi connectivity index (χ1n) is 4.99. The van der Waals surface area contributed by atoms with E-state index in [4.69, 9.17) is 11.5 Å². The van der Waals surface area contributed by atoms with Gasteiger partial charge in [-0.05, 0) is 31.5 Å². The van der Waals surface area contributed by atoms with Crippen LogP contribution in [0.3, 0.4) is 0 Å². The molecule has 1 amide bonds. The molecule has 1 atom stereocenters. The van der Waals surface area contributed by atoms with Crippen LogP contribution in [0.2, 0.25) is 0 Å². The van der Waals surface area contributed by atoms with Crippen molar-refractivity contribution in [3.8, 4) is 0 Å².